The van der Waals surface area contributed by atoms with Crippen molar-refractivity contribution in [3.05, 3.63) is 0 Å². The Morgan fingerprint density at radius 2 is 1.87 bits per heavy atom. The summed E-state index contributed by atoms with van der Waals surface area (Å²) in [6, 6.07) is 0.383. The first-order valence-electron chi connectivity index (χ1n) is 6.00. The first-order valence-corrected chi connectivity index (χ1v) is 6.00. The number of likely N-dealkylation sites (tertiary alicyclic amines) is 1. The highest BCUT2D eigenvalue weighted by Gasteiger charge is 2.24. The van der Waals surface area contributed by atoms with E-state index in [0.717, 1.165) is 13.1 Å². The fourth-order valence-corrected chi connectivity index (χ4v) is 2.27. The molecule has 0 aromatic rings. The number of hydrogen-bond donors (Lipinski definition) is 1. The van der Waals surface area contributed by atoms with E-state index < -0.39 is 0 Å². The standard InChI is InChI=1S/C12H24N2O/c1-9(2)13-6-12(15)14-7-10(3)5-11(4)8-14/h9-11,13H,5-8H2,1-4H3. The Morgan fingerprint density at radius 3 is 2.33 bits per heavy atom. The van der Waals surface area contributed by atoms with Crippen molar-refractivity contribution in [2.45, 2.75) is 40.2 Å². The average Bonchev–Trinajstić information content (AvgIpc) is 2.12. The Hall–Kier alpha value is -0.570. The second kappa shape index (κ2) is 5.50. The molecule has 1 fully saturated rings. The third-order valence-corrected chi connectivity index (χ3v) is 2.88. The maximum absolute atomic E-state index is 11.9. The van der Waals surface area contributed by atoms with Gasteiger partial charge in [0, 0.05) is 19.1 Å². The van der Waals surface area contributed by atoms with Crippen LogP contribution in [0.2, 0.25) is 0 Å². The van der Waals surface area contributed by atoms with Gasteiger partial charge in [-0.15, -0.1) is 0 Å². The van der Waals surface area contributed by atoms with E-state index in [1.165, 1.54) is 6.42 Å². The first kappa shape index (κ1) is 12.5. The molecule has 1 saturated heterocycles. The SMILES string of the molecule is CC1CC(C)CN(C(=O)CNC(C)C)C1. The Balaban J connectivity index is 2.38. The van der Waals surface area contributed by atoms with Gasteiger partial charge in [-0.2, -0.15) is 0 Å². The molecule has 0 spiro atoms. The van der Waals surface area contributed by atoms with E-state index in [9.17, 15) is 4.79 Å². The number of amides is 1. The Kier molecular flexibility index (Phi) is 4.58. The van der Waals surface area contributed by atoms with Gasteiger partial charge in [-0.05, 0) is 18.3 Å². The Labute approximate surface area is 93.2 Å². The minimum Gasteiger partial charge on any atom is -0.341 e. The molecule has 0 aromatic heterocycles. The lowest BCUT2D eigenvalue weighted by molar-refractivity contribution is -0.133. The smallest absolute Gasteiger partial charge is 0.236 e. The van der Waals surface area contributed by atoms with Gasteiger partial charge in [-0.3, -0.25) is 4.79 Å². The van der Waals surface area contributed by atoms with Gasteiger partial charge in [0.25, 0.3) is 0 Å². The summed E-state index contributed by atoms with van der Waals surface area (Å²) in [5, 5.41) is 3.18. The van der Waals surface area contributed by atoms with Crippen molar-refractivity contribution in [3.8, 4) is 0 Å². The van der Waals surface area contributed by atoms with Crippen LogP contribution in [0.15, 0.2) is 0 Å². The summed E-state index contributed by atoms with van der Waals surface area (Å²) in [7, 11) is 0. The second-order valence-corrected chi connectivity index (χ2v) is 5.28. The predicted octanol–water partition coefficient (Wildman–Crippen LogP) is 1.49. The third kappa shape index (κ3) is 4.20. The summed E-state index contributed by atoms with van der Waals surface area (Å²) in [4.78, 5) is 13.9. The number of piperidine rings is 1. The predicted molar refractivity (Wildman–Crippen MR) is 62.7 cm³/mol. The highest BCUT2D eigenvalue weighted by molar-refractivity contribution is 5.78. The van der Waals surface area contributed by atoms with Crippen molar-refractivity contribution in [2.24, 2.45) is 11.8 Å². The molecule has 88 valence electrons. The fraction of sp³-hybridized carbons (Fsp3) is 0.917. The van der Waals surface area contributed by atoms with Crippen LogP contribution in [0.4, 0.5) is 0 Å². The zero-order valence-electron chi connectivity index (χ0n) is 10.4. The second-order valence-electron chi connectivity index (χ2n) is 5.28. The average molecular weight is 212 g/mol. The molecule has 1 rings (SSSR count). The number of carbonyl (C=O) groups excluding carboxylic acids is 1. The largest absolute Gasteiger partial charge is 0.341 e. The third-order valence-electron chi connectivity index (χ3n) is 2.88. The van der Waals surface area contributed by atoms with Crippen molar-refractivity contribution >= 4 is 5.91 Å². The van der Waals surface area contributed by atoms with E-state index in [-0.39, 0.29) is 5.91 Å². The molecule has 0 aliphatic carbocycles. The highest BCUT2D eigenvalue weighted by Crippen LogP contribution is 2.20. The van der Waals surface area contributed by atoms with Gasteiger partial charge in [-0.25, -0.2) is 0 Å². The number of nitrogens with zero attached hydrogens (tertiary/aromatic N) is 1. The summed E-state index contributed by atoms with van der Waals surface area (Å²) < 4.78 is 0. The van der Waals surface area contributed by atoms with E-state index in [1.807, 2.05) is 4.90 Å². The molecule has 0 radical (unpaired) electrons. The molecule has 0 aromatic carbocycles. The zero-order chi connectivity index (χ0) is 11.4. The van der Waals surface area contributed by atoms with Gasteiger partial charge in [0.05, 0.1) is 6.54 Å². The Bertz CT molecular complexity index is 206. The van der Waals surface area contributed by atoms with Crippen LogP contribution in [0, 0.1) is 11.8 Å². The molecule has 2 atom stereocenters. The van der Waals surface area contributed by atoms with Gasteiger partial charge >= 0.3 is 0 Å². The first-order chi connectivity index (χ1) is 6.99. The molecular weight excluding hydrogens is 188 g/mol. The van der Waals surface area contributed by atoms with Crippen molar-refractivity contribution in [2.75, 3.05) is 19.6 Å². The van der Waals surface area contributed by atoms with Crippen molar-refractivity contribution in [1.82, 2.24) is 10.2 Å². The number of hydrogen-bond acceptors (Lipinski definition) is 2. The molecule has 15 heavy (non-hydrogen) atoms. The molecule has 1 aliphatic rings. The fourth-order valence-electron chi connectivity index (χ4n) is 2.27. The van der Waals surface area contributed by atoms with Crippen LogP contribution in [0.25, 0.3) is 0 Å². The quantitative estimate of drug-likeness (QED) is 0.768. The van der Waals surface area contributed by atoms with E-state index in [2.05, 4.69) is 33.0 Å². The van der Waals surface area contributed by atoms with E-state index in [1.54, 1.807) is 0 Å². The summed E-state index contributed by atoms with van der Waals surface area (Å²) >= 11 is 0. The van der Waals surface area contributed by atoms with Crippen LogP contribution in [0.3, 0.4) is 0 Å². The van der Waals surface area contributed by atoms with E-state index >= 15 is 0 Å². The highest BCUT2D eigenvalue weighted by atomic mass is 16.2. The molecule has 2 unspecified atom stereocenters. The minimum atomic E-state index is 0.252. The summed E-state index contributed by atoms with van der Waals surface area (Å²) in [5.41, 5.74) is 0. The maximum atomic E-state index is 11.9. The lowest BCUT2D eigenvalue weighted by Crippen LogP contribution is -2.46. The summed E-state index contributed by atoms with van der Waals surface area (Å²) in [6.45, 7) is 10.9. The van der Waals surface area contributed by atoms with Crippen LogP contribution < -0.4 is 5.32 Å². The van der Waals surface area contributed by atoms with Crippen LogP contribution in [-0.2, 0) is 4.79 Å². The Morgan fingerprint density at radius 1 is 1.33 bits per heavy atom. The summed E-state index contributed by atoms with van der Waals surface area (Å²) in [5.74, 6) is 1.55. The van der Waals surface area contributed by atoms with E-state index in [4.69, 9.17) is 0 Å². The van der Waals surface area contributed by atoms with Gasteiger partial charge in [0.15, 0.2) is 0 Å². The van der Waals surface area contributed by atoms with Gasteiger partial charge in [0.2, 0.25) is 5.91 Å². The van der Waals surface area contributed by atoms with Crippen LogP contribution in [0.5, 0.6) is 0 Å². The van der Waals surface area contributed by atoms with Gasteiger partial charge in [0.1, 0.15) is 0 Å². The van der Waals surface area contributed by atoms with Crippen molar-refractivity contribution < 1.29 is 4.79 Å². The normalized spacial score (nSPS) is 27.1. The molecule has 3 heteroatoms. The van der Waals surface area contributed by atoms with Crippen LogP contribution in [-0.4, -0.2) is 36.5 Å². The number of nitrogens with one attached hydrogen (secondary N) is 1. The maximum Gasteiger partial charge on any atom is 0.236 e. The molecule has 3 nitrogen and oxygen atoms in total. The molecular formula is C12H24N2O. The van der Waals surface area contributed by atoms with Gasteiger partial charge < -0.3 is 10.2 Å². The molecule has 1 heterocycles. The van der Waals surface area contributed by atoms with Crippen molar-refractivity contribution in [3.63, 3.8) is 0 Å². The zero-order valence-corrected chi connectivity index (χ0v) is 10.4. The minimum absolute atomic E-state index is 0.252. The van der Waals surface area contributed by atoms with Crippen molar-refractivity contribution in [1.29, 1.82) is 0 Å². The monoisotopic (exact) mass is 212 g/mol. The number of carbonyl (C=O) groups is 1. The molecule has 0 saturated carbocycles. The van der Waals surface area contributed by atoms with Gasteiger partial charge in [-0.1, -0.05) is 27.7 Å². The van der Waals surface area contributed by atoms with Crippen LogP contribution in [0.1, 0.15) is 34.1 Å². The molecule has 1 amide bonds. The molecule has 1 aliphatic heterocycles. The lowest BCUT2D eigenvalue weighted by atomic mass is 9.92. The summed E-state index contributed by atoms with van der Waals surface area (Å²) in [6.07, 6.45) is 1.25. The van der Waals surface area contributed by atoms with E-state index in [0.29, 0.717) is 24.4 Å². The topological polar surface area (TPSA) is 32.3 Å². The molecule has 1 N–H and O–H groups in total. The molecule has 0 bridgehead atoms. The van der Waals surface area contributed by atoms with Crippen LogP contribution >= 0.6 is 0 Å². The lowest BCUT2D eigenvalue weighted by Gasteiger charge is -2.35. The number of rotatable bonds is 3.